The van der Waals surface area contributed by atoms with Crippen LogP contribution >= 0.6 is 12.2 Å². The van der Waals surface area contributed by atoms with Crippen molar-refractivity contribution < 1.29 is 0 Å². The number of hydrogen-bond acceptors (Lipinski definition) is 2. The largest absolute Gasteiger partial charge is 0.393 e. The molecule has 0 atom stereocenters. The molecule has 13 heavy (non-hydrogen) atoms. The highest BCUT2D eigenvalue weighted by atomic mass is 32.1. The van der Waals surface area contributed by atoms with Crippen molar-refractivity contribution in [2.45, 2.75) is 33.1 Å². The minimum atomic E-state index is 0.622. The van der Waals surface area contributed by atoms with E-state index in [9.17, 15) is 0 Å². The molecule has 2 N–H and O–H groups in total. The highest BCUT2D eigenvalue weighted by Gasteiger charge is 2.07. The van der Waals surface area contributed by atoms with Gasteiger partial charge in [-0.15, -0.1) is 0 Å². The molecule has 0 aromatic heterocycles. The summed E-state index contributed by atoms with van der Waals surface area (Å²) in [5.41, 5.74) is 5.44. The Morgan fingerprint density at radius 3 is 2.31 bits per heavy atom. The Morgan fingerprint density at radius 2 is 1.92 bits per heavy atom. The van der Waals surface area contributed by atoms with Crippen LogP contribution in [0.2, 0.25) is 0 Å². The van der Waals surface area contributed by atoms with Crippen LogP contribution in [0.4, 0.5) is 0 Å². The van der Waals surface area contributed by atoms with E-state index in [0.717, 1.165) is 25.4 Å². The van der Waals surface area contributed by atoms with Crippen LogP contribution in [-0.2, 0) is 0 Å². The van der Waals surface area contributed by atoms with Crippen LogP contribution in [0.5, 0.6) is 0 Å². The lowest BCUT2D eigenvalue weighted by Gasteiger charge is -2.21. The molecule has 0 rings (SSSR count). The first-order chi connectivity index (χ1) is 6.10. The Morgan fingerprint density at radius 1 is 1.38 bits per heavy atom. The van der Waals surface area contributed by atoms with Crippen LogP contribution in [0.3, 0.4) is 0 Å². The summed E-state index contributed by atoms with van der Waals surface area (Å²) in [7, 11) is 2.14. The molecule has 0 heterocycles. The fourth-order valence-corrected chi connectivity index (χ4v) is 1.47. The third-order valence-electron chi connectivity index (χ3n) is 2.46. The lowest BCUT2D eigenvalue weighted by atomic mass is 10.0. The number of nitrogens with zero attached hydrogens (tertiary/aromatic N) is 1. The SMILES string of the molecule is CCC(CC)CN(C)CCC(N)=S. The van der Waals surface area contributed by atoms with Gasteiger partial charge in [-0.05, 0) is 13.0 Å². The Hall–Kier alpha value is -0.150. The first kappa shape index (κ1) is 12.8. The van der Waals surface area contributed by atoms with Crippen molar-refractivity contribution in [2.75, 3.05) is 20.1 Å². The van der Waals surface area contributed by atoms with E-state index < -0.39 is 0 Å². The Labute approximate surface area is 87.5 Å². The van der Waals surface area contributed by atoms with Crippen LogP contribution in [0.25, 0.3) is 0 Å². The van der Waals surface area contributed by atoms with Gasteiger partial charge in [0.25, 0.3) is 0 Å². The quantitative estimate of drug-likeness (QED) is 0.641. The van der Waals surface area contributed by atoms with E-state index in [4.69, 9.17) is 18.0 Å². The molecule has 2 nitrogen and oxygen atoms in total. The van der Waals surface area contributed by atoms with E-state index in [0.29, 0.717) is 4.99 Å². The minimum absolute atomic E-state index is 0.622. The van der Waals surface area contributed by atoms with Gasteiger partial charge in [0.05, 0.1) is 4.99 Å². The summed E-state index contributed by atoms with van der Waals surface area (Å²) in [6.07, 6.45) is 3.35. The molecule has 0 aromatic carbocycles. The van der Waals surface area contributed by atoms with Gasteiger partial charge in [0.1, 0.15) is 0 Å². The summed E-state index contributed by atoms with van der Waals surface area (Å²) in [6.45, 7) is 6.65. The molecule has 0 amide bonds. The van der Waals surface area contributed by atoms with Crippen molar-refractivity contribution >= 4 is 17.2 Å². The second-order valence-electron chi connectivity index (χ2n) is 3.66. The third kappa shape index (κ3) is 6.96. The second-order valence-corrected chi connectivity index (χ2v) is 4.19. The Balaban J connectivity index is 3.59. The van der Waals surface area contributed by atoms with Crippen LogP contribution in [0.15, 0.2) is 0 Å². The summed E-state index contributed by atoms with van der Waals surface area (Å²) in [4.78, 5) is 2.94. The smallest absolute Gasteiger partial charge is 0.0740 e. The zero-order valence-corrected chi connectivity index (χ0v) is 9.86. The van der Waals surface area contributed by atoms with Gasteiger partial charge in [-0.3, -0.25) is 0 Å². The molecule has 78 valence electrons. The molecule has 0 spiro atoms. The Kier molecular flexibility index (Phi) is 7.19. The zero-order chi connectivity index (χ0) is 10.3. The maximum Gasteiger partial charge on any atom is 0.0740 e. The average molecular weight is 202 g/mol. The standard InChI is InChI=1S/C10H22N2S/c1-4-9(5-2)8-12(3)7-6-10(11)13/h9H,4-8H2,1-3H3,(H2,11,13). The molecule has 0 aromatic rings. The molecule has 0 saturated heterocycles. The van der Waals surface area contributed by atoms with Crippen molar-refractivity contribution in [2.24, 2.45) is 11.7 Å². The summed E-state index contributed by atoms with van der Waals surface area (Å²) in [5.74, 6) is 0.816. The van der Waals surface area contributed by atoms with Gasteiger partial charge < -0.3 is 10.6 Å². The summed E-state index contributed by atoms with van der Waals surface area (Å²) in [6, 6.07) is 0. The van der Waals surface area contributed by atoms with Crippen LogP contribution in [-0.4, -0.2) is 30.0 Å². The van der Waals surface area contributed by atoms with E-state index in [1.165, 1.54) is 12.8 Å². The maximum absolute atomic E-state index is 5.44. The monoisotopic (exact) mass is 202 g/mol. The van der Waals surface area contributed by atoms with Crippen molar-refractivity contribution in [3.05, 3.63) is 0 Å². The zero-order valence-electron chi connectivity index (χ0n) is 9.05. The highest BCUT2D eigenvalue weighted by Crippen LogP contribution is 2.08. The van der Waals surface area contributed by atoms with Crippen molar-refractivity contribution in [1.29, 1.82) is 0 Å². The van der Waals surface area contributed by atoms with Gasteiger partial charge in [-0.2, -0.15) is 0 Å². The van der Waals surface area contributed by atoms with Gasteiger partial charge in [-0.25, -0.2) is 0 Å². The minimum Gasteiger partial charge on any atom is -0.393 e. The normalized spacial score (nSPS) is 11.2. The van der Waals surface area contributed by atoms with Crippen molar-refractivity contribution in [1.82, 2.24) is 4.90 Å². The molecule has 0 fully saturated rings. The maximum atomic E-state index is 5.44. The van der Waals surface area contributed by atoms with Crippen molar-refractivity contribution in [3.8, 4) is 0 Å². The van der Waals surface area contributed by atoms with Gasteiger partial charge in [0, 0.05) is 19.5 Å². The fraction of sp³-hybridized carbons (Fsp3) is 0.900. The van der Waals surface area contributed by atoms with Crippen LogP contribution < -0.4 is 5.73 Å². The van der Waals surface area contributed by atoms with E-state index in [2.05, 4.69) is 25.8 Å². The van der Waals surface area contributed by atoms with Crippen LogP contribution in [0, 0.1) is 5.92 Å². The van der Waals surface area contributed by atoms with Crippen LogP contribution in [0.1, 0.15) is 33.1 Å². The van der Waals surface area contributed by atoms with E-state index in [1.807, 2.05) is 0 Å². The summed E-state index contributed by atoms with van der Waals surface area (Å²) < 4.78 is 0. The molecular weight excluding hydrogens is 180 g/mol. The third-order valence-corrected chi connectivity index (χ3v) is 2.67. The lowest BCUT2D eigenvalue weighted by Crippen LogP contribution is -2.28. The van der Waals surface area contributed by atoms with Gasteiger partial charge >= 0.3 is 0 Å². The second kappa shape index (κ2) is 7.27. The number of hydrogen-bond donors (Lipinski definition) is 1. The molecule has 0 aliphatic rings. The molecule has 0 unspecified atom stereocenters. The molecule has 0 saturated carbocycles. The molecule has 0 aliphatic carbocycles. The van der Waals surface area contributed by atoms with Gasteiger partial charge in [0.2, 0.25) is 0 Å². The van der Waals surface area contributed by atoms with Gasteiger partial charge in [0.15, 0.2) is 0 Å². The van der Waals surface area contributed by atoms with E-state index in [1.54, 1.807) is 0 Å². The summed E-state index contributed by atoms with van der Waals surface area (Å²) >= 11 is 4.84. The Bertz CT molecular complexity index is 144. The molecule has 0 aliphatic heterocycles. The van der Waals surface area contributed by atoms with E-state index in [-0.39, 0.29) is 0 Å². The molecule has 0 radical (unpaired) electrons. The summed E-state index contributed by atoms with van der Waals surface area (Å²) in [5, 5.41) is 0. The average Bonchev–Trinajstić information content (AvgIpc) is 2.10. The number of rotatable bonds is 7. The molecule has 3 heteroatoms. The highest BCUT2D eigenvalue weighted by molar-refractivity contribution is 7.80. The van der Waals surface area contributed by atoms with Crippen molar-refractivity contribution in [3.63, 3.8) is 0 Å². The number of thiocarbonyl (C=S) groups is 1. The lowest BCUT2D eigenvalue weighted by molar-refractivity contribution is 0.273. The fourth-order valence-electron chi connectivity index (χ4n) is 1.38. The predicted octanol–water partition coefficient (Wildman–Crippen LogP) is 2.03. The predicted molar refractivity (Wildman–Crippen MR) is 63.0 cm³/mol. The molecular formula is C10H22N2S. The topological polar surface area (TPSA) is 29.3 Å². The first-order valence-corrected chi connectivity index (χ1v) is 5.47. The van der Waals surface area contributed by atoms with E-state index >= 15 is 0 Å². The number of nitrogens with two attached hydrogens (primary N) is 1. The molecule has 0 bridgehead atoms. The first-order valence-electron chi connectivity index (χ1n) is 5.06. The van der Waals surface area contributed by atoms with Gasteiger partial charge in [-0.1, -0.05) is 38.9 Å².